The molecule has 0 spiro atoms. The summed E-state index contributed by atoms with van der Waals surface area (Å²) < 4.78 is 0. The van der Waals surface area contributed by atoms with Gasteiger partial charge < -0.3 is 4.90 Å². The van der Waals surface area contributed by atoms with Crippen LogP contribution in [0.15, 0.2) is 35.3 Å². The Morgan fingerprint density at radius 1 is 1.25 bits per heavy atom. The van der Waals surface area contributed by atoms with Crippen LogP contribution in [0.4, 0.5) is 4.79 Å². The Morgan fingerprint density at radius 2 is 1.88 bits per heavy atom. The molecule has 0 atom stereocenters. The van der Waals surface area contributed by atoms with Crippen molar-refractivity contribution in [2.24, 2.45) is 4.99 Å². The number of hydrogen-bond donors (Lipinski definition) is 0. The first kappa shape index (κ1) is 12.4. The zero-order valence-corrected chi connectivity index (χ0v) is 9.89. The van der Waals surface area contributed by atoms with Crippen LogP contribution in [0.25, 0.3) is 0 Å². The van der Waals surface area contributed by atoms with Crippen molar-refractivity contribution in [2.75, 3.05) is 13.1 Å². The predicted molar refractivity (Wildman–Crippen MR) is 67.0 cm³/mol. The molecule has 1 aromatic rings. The van der Waals surface area contributed by atoms with Crippen LogP contribution in [0, 0.1) is 0 Å². The van der Waals surface area contributed by atoms with Crippen LogP contribution < -0.4 is 0 Å². The maximum absolute atomic E-state index is 11.5. The summed E-state index contributed by atoms with van der Waals surface area (Å²) in [4.78, 5) is 17.1. The molecule has 0 bridgehead atoms. The van der Waals surface area contributed by atoms with E-state index in [1.54, 1.807) is 11.1 Å². The third-order valence-corrected chi connectivity index (χ3v) is 2.41. The minimum Gasteiger partial charge on any atom is -0.323 e. The van der Waals surface area contributed by atoms with Crippen molar-refractivity contribution in [1.29, 1.82) is 0 Å². The Kier molecular flexibility index (Phi) is 5.26. The second-order valence-electron chi connectivity index (χ2n) is 3.46. The van der Waals surface area contributed by atoms with Gasteiger partial charge in [0.2, 0.25) is 0 Å². The van der Waals surface area contributed by atoms with Crippen molar-refractivity contribution in [1.82, 2.24) is 4.90 Å². The van der Waals surface area contributed by atoms with Crippen molar-refractivity contribution in [2.45, 2.75) is 20.3 Å². The number of aliphatic imine (C=N–C) groups is 1. The summed E-state index contributed by atoms with van der Waals surface area (Å²) in [5, 5.41) is 0. The largest absolute Gasteiger partial charge is 0.343 e. The van der Waals surface area contributed by atoms with E-state index < -0.39 is 0 Å². The highest BCUT2D eigenvalue weighted by molar-refractivity contribution is 5.84. The minimum atomic E-state index is -0.152. The van der Waals surface area contributed by atoms with Gasteiger partial charge in [-0.3, -0.25) is 0 Å². The predicted octanol–water partition coefficient (Wildman–Crippen LogP) is 2.76. The van der Waals surface area contributed by atoms with Crippen LogP contribution in [-0.2, 0) is 6.42 Å². The molecule has 0 heterocycles. The lowest BCUT2D eigenvalue weighted by Crippen LogP contribution is -2.27. The minimum absolute atomic E-state index is 0.152. The maximum atomic E-state index is 11.5. The fraction of sp³-hybridized carbons (Fsp3) is 0.385. The number of urea groups is 1. The first-order valence-electron chi connectivity index (χ1n) is 5.63. The number of amides is 2. The van der Waals surface area contributed by atoms with E-state index in [-0.39, 0.29) is 6.03 Å². The molecule has 0 aromatic heterocycles. The van der Waals surface area contributed by atoms with Crippen LogP contribution >= 0.6 is 0 Å². The second kappa shape index (κ2) is 6.77. The molecule has 3 nitrogen and oxygen atoms in total. The van der Waals surface area contributed by atoms with E-state index >= 15 is 0 Å². The summed E-state index contributed by atoms with van der Waals surface area (Å²) in [5.41, 5.74) is 1.17. The number of hydrogen-bond acceptors (Lipinski definition) is 1. The molecule has 0 aliphatic heterocycles. The Bertz CT molecular complexity index is 342. The average Bonchev–Trinajstić information content (AvgIpc) is 2.32. The molecule has 0 unspecified atom stereocenters. The Hall–Kier alpha value is -1.64. The number of carbonyl (C=O) groups is 1. The van der Waals surface area contributed by atoms with Gasteiger partial charge in [-0.05, 0) is 19.4 Å². The van der Waals surface area contributed by atoms with Gasteiger partial charge in [0.25, 0.3) is 0 Å². The molecule has 0 aliphatic rings. The lowest BCUT2D eigenvalue weighted by Gasteiger charge is -2.14. The zero-order chi connectivity index (χ0) is 11.8. The number of carbonyl (C=O) groups excluding carboxylic acids is 1. The SMILES string of the molecule is CCN(CC)C(=O)N=CCc1ccccc1. The lowest BCUT2D eigenvalue weighted by molar-refractivity contribution is 0.213. The van der Waals surface area contributed by atoms with E-state index in [2.05, 4.69) is 4.99 Å². The standard InChI is InChI=1S/C13H18N2O/c1-3-15(4-2)13(16)14-11-10-12-8-6-5-7-9-12/h5-9,11H,3-4,10H2,1-2H3. The molecule has 0 fully saturated rings. The Balaban J connectivity index is 2.46. The van der Waals surface area contributed by atoms with Crippen LogP contribution in [-0.4, -0.2) is 30.2 Å². The van der Waals surface area contributed by atoms with Gasteiger partial charge in [-0.15, -0.1) is 0 Å². The number of rotatable bonds is 4. The highest BCUT2D eigenvalue weighted by Gasteiger charge is 2.05. The molecule has 16 heavy (non-hydrogen) atoms. The van der Waals surface area contributed by atoms with Gasteiger partial charge in [-0.25, -0.2) is 9.79 Å². The first-order valence-corrected chi connectivity index (χ1v) is 5.63. The van der Waals surface area contributed by atoms with Gasteiger partial charge in [0.05, 0.1) is 0 Å². The highest BCUT2D eigenvalue weighted by Crippen LogP contribution is 1.98. The van der Waals surface area contributed by atoms with Gasteiger partial charge in [0.15, 0.2) is 0 Å². The average molecular weight is 218 g/mol. The summed E-state index contributed by atoms with van der Waals surface area (Å²) in [7, 11) is 0. The van der Waals surface area contributed by atoms with E-state index in [4.69, 9.17) is 0 Å². The molecule has 0 saturated carbocycles. The molecule has 86 valence electrons. The molecule has 2 amide bonds. The fourth-order valence-corrected chi connectivity index (χ4v) is 1.42. The van der Waals surface area contributed by atoms with Gasteiger partial charge in [0, 0.05) is 25.7 Å². The summed E-state index contributed by atoms with van der Waals surface area (Å²) in [6.45, 7) is 5.32. The quantitative estimate of drug-likeness (QED) is 0.715. The number of nitrogens with zero attached hydrogens (tertiary/aromatic N) is 2. The molecule has 1 rings (SSSR count). The van der Waals surface area contributed by atoms with Gasteiger partial charge in [0.1, 0.15) is 0 Å². The van der Waals surface area contributed by atoms with Gasteiger partial charge >= 0.3 is 6.03 Å². The topological polar surface area (TPSA) is 32.7 Å². The third kappa shape index (κ3) is 3.85. The van der Waals surface area contributed by atoms with E-state index in [1.165, 1.54) is 5.56 Å². The van der Waals surface area contributed by atoms with Crippen molar-refractivity contribution >= 4 is 12.2 Å². The molecular formula is C13H18N2O. The van der Waals surface area contributed by atoms with Crippen LogP contribution in [0.1, 0.15) is 19.4 Å². The summed E-state index contributed by atoms with van der Waals surface area (Å²) in [6, 6.07) is 9.83. The van der Waals surface area contributed by atoms with Gasteiger partial charge in [-0.2, -0.15) is 0 Å². The van der Waals surface area contributed by atoms with Crippen LogP contribution in [0.3, 0.4) is 0 Å². The molecule has 0 saturated heterocycles. The van der Waals surface area contributed by atoms with E-state index in [0.29, 0.717) is 19.5 Å². The maximum Gasteiger partial charge on any atom is 0.343 e. The number of benzene rings is 1. The van der Waals surface area contributed by atoms with E-state index in [1.807, 2.05) is 44.2 Å². The van der Waals surface area contributed by atoms with Crippen molar-refractivity contribution in [3.8, 4) is 0 Å². The first-order chi connectivity index (χ1) is 7.77. The Morgan fingerprint density at radius 3 is 2.44 bits per heavy atom. The molecule has 0 radical (unpaired) electrons. The van der Waals surface area contributed by atoms with Crippen molar-refractivity contribution in [3.05, 3.63) is 35.9 Å². The van der Waals surface area contributed by atoms with Crippen LogP contribution in [0.5, 0.6) is 0 Å². The summed E-state index contributed by atoms with van der Waals surface area (Å²) in [5.74, 6) is 0. The van der Waals surface area contributed by atoms with Gasteiger partial charge in [-0.1, -0.05) is 30.3 Å². The molecule has 3 heteroatoms. The van der Waals surface area contributed by atoms with E-state index in [9.17, 15) is 4.79 Å². The normalized spacial score (nSPS) is 10.6. The zero-order valence-electron chi connectivity index (χ0n) is 9.89. The lowest BCUT2D eigenvalue weighted by atomic mass is 10.2. The smallest absolute Gasteiger partial charge is 0.323 e. The van der Waals surface area contributed by atoms with E-state index in [0.717, 1.165) is 0 Å². The summed E-state index contributed by atoms with van der Waals surface area (Å²) in [6.07, 6.45) is 2.38. The molecule has 0 N–H and O–H groups in total. The summed E-state index contributed by atoms with van der Waals surface area (Å²) >= 11 is 0. The third-order valence-electron chi connectivity index (χ3n) is 2.41. The monoisotopic (exact) mass is 218 g/mol. The highest BCUT2D eigenvalue weighted by atomic mass is 16.2. The Labute approximate surface area is 96.8 Å². The van der Waals surface area contributed by atoms with Crippen molar-refractivity contribution < 1.29 is 4.79 Å². The second-order valence-corrected chi connectivity index (χ2v) is 3.46. The van der Waals surface area contributed by atoms with Crippen LogP contribution in [0.2, 0.25) is 0 Å². The molecular weight excluding hydrogens is 200 g/mol. The molecule has 1 aromatic carbocycles. The fourth-order valence-electron chi connectivity index (χ4n) is 1.42. The van der Waals surface area contributed by atoms with Crippen molar-refractivity contribution in [3.63, 3.8) is 0 Å². The molecule has 0 aliphatic carbocycles.